The van der Waals surface area contributed by atoms with E-state index in [1.165, 1.54) is 6.20 Å². The Balaban J connectivity index is 0.791. The van der Waals surface area contributed by atoms with Crippen LogP contribution in [0.4, 0.5) is 11.4 Å². The molecule has 292 valence electrons. The molecule has 0 saturated carbocycles. The molecule has 6 heterocycles. The third-order valence-corrected chi connectivity index (χ3v) is 11.3. The molecule has 1 atom stereocenters. The van der Waals surface area contributed by atoms with Gasteiger partial charge in [0.05, 0.1) is 18.4 Å². The maximum atomic E-state index is 13.8. The Labute approximate surface area is 335 Å². The zero-order valence-corrected chi connectivity index (χ0v) is 32.6. The van der Waals surface area contributed by atoms with Crippen LogP contribution in [-0.4, -0.2) is 101 Å². The van der Waals surface area contributed by atoms with Crippen LogP contribution in [0.15, 0.2) is 104 Å². The van der Waals surface area contributed by atoms with Gasteiger partial charge in [-0.05, 0) is 82.1 Å². The van der Waals surface area contributed by atoms with Gasteiger partial charge in [-0.1, -0.05) is 35.5 Å². The molecule has 14 nitrogen and oxygen atoms in total. The molecule has 9 rings (SSSR count). The van der Waals surface area contributed by atoms with E-state index in [0.29, 0.717) is 60.7 Å². The average Bonchev–Trinajstić information content (AvgIpc) is 3.92. The predicted octanol–water partition coefficient (Wildman–Crippen LogP) is 6.23. The van der Waals surface area contributed by atoms with Crippen molar-refractivity contribution in [1.82, 2.24) is 44.4 Å². The molecule has 3 amide bonds. The quantitative estimate of drug-likeness (QED) is 0.199. The number of rotatable bonds is 7. The Morgan fingerprint density at radius 1 is 0.828 bits per heavy atom. The minimum absolute atomic E-state index is 0.0113. The summed E-state index contributed by atoms with van der Waals surface area (Å²) in [5, 5.41) is 18.4. The highest BCUT2D eigenvalue weighted by molar-refractivity contribution is 6.08. The number of pyridine rings is 1. The molecule has 0 aliphatic carbocycles. The van der Waals surface area contributed by atoms with Crippen LogP contribution in [0, 0.1) is 13.8 Å². The standard InChI is InChI=1S/C44H43N11O3/c1-28-22-29(2)55-41(47-28)38(25-46-55)42(56)48-35-12-10-31(11-13-35)39-27-54(50-49-39)36-15-18-51(19-16-36)43(57)32-6-4-7-33(23-32)44(58)53-21-20-52(26-30(53)3)40-9-5-8-34-24-45-17-14-37(34)40/h4-14,17,22-25,27,30,36H,15-16,18-21,26H2,1-3H3,(H,48,56). The van der Waals surface area contributed by atoms with Crippen molar-refractivity contribution in [1.29, 1.82) is 0 Å². The molecule has 14 heteroatoms. The lowest BCUT2D eigenvalue weighted by atomic mass is 10.0. The first-order valence-corrected chi connectivity index (χ1v) is 19.6. The van der Waals surface area contributed by atoms with Gasteiger partial charge >= 0.3 is 0 Å². The summed E-state index contributed by atoms with van der Waals surface area (Å²) in [4.78, 5) is 55.5. The second kappa shape index (κ2) is 15.2. The van der Waals surface area contributed by atoms with Crippen molar-refractivity contribution >= 4 is 45.5 Å². The number of piperidine rings is 1. The molecule has 2 saturated heterocycles. The molecule has 0 spiro atoms. The molecule has 0 radical (unpaired) electrons. The minimum atomic E-state index is -0.284. The molecule has 1 unspecified atom stereocenters. The second-order valence-electron chi connectivity index (χ2n) is 15.2. The molecule has 0 bridgehead atoms. The summed E-state index contributed by atoms with van der Waals surface area (Å²) >= 11 is 0. The van der Waals surface area contributed by atoms with E-state index in [9.17, 15) is 14.4 Å². The highest BCUT2D eigenvalue weighted by atomic mass is 16.2. The number of amides is 3. The van der Waals surface area contributed by atoms with E-state index in [1.807, 2.05) is 83.3 Å². The smallest absolute Gasteiger partial charge is 0.261 e. The van der Waals surface area contributed by atoms with Crippen LogP contribution in [0.1, 0.15) is 68.3 Å². The first-order valence-electron chi connectivity index (χ1n) is 19.6. The molecule has 2 aliphatic heterocycles. The van der Waals surface area contributed by atoms with E-state index in [0.717, 1.165) is 51.9 Å². The molecule has 1 N–H and O–H groups in total. The molecular weight excluding hydrogens is 731 g/mol. The van der Waals surface area contributed by atoms with Crippen LogP contribution in [0.2, 0.25) is 0 Å². The molecule has 4 aromatic heterocycles. The lowest BCUT2D eigenvalue weighted by Crippen LogP contribution is -2.54. The van der Waals surface area contributed by atoms with Gasteiger partial charge in [-0.3, -0.25) is 19.4 Å². The Bertz CT molecular complexity index is 2670. The molecule has 7 aromatic rings. The second-order valence-corrected chi connectivity index (χ2v) is 15.2. The summed E-state index contributed by atoms with van der Waals surface area (Å²) in [6.45, 7) is 9.04. The summed E-state index contributed by atoms with van der Waals surface area (Å²) in [6.07, 6.45) is 8.61. The first kappa shape index (κ1) is 36.7. The summed E-state index contributed by atoms with van der Waals surface area (Å²) < 4.78 is 3.54. The fourth-order valence-electron chi connectivity index (χ4n) is 8.27. The van der Waals surface area contributed by atoms with Crippen molar-refractivity contribution in [3.8, 4) is 11.3 Å². The maximum absolute atomic E-state index is 13.8. The third kappa shape index (κ3) is 7.01. The Morgan fingerprint density at radius 2 is 1.60 bits per heavy atom. The zero-order valence-electron chi connectivity index (χ0n) is 32.6. The van der Waals surface area contributed by atoms with Crippen LogP contribution in [-0.2, 0) is 0 Å². The number of fused-ring (bicyclic) bond motifs is 2. The first-order chi connectivity index (χ1) is 28.2. The van der Waals surface area contributed by atoms with Crippen LogP contribution in [0.5, 0.6) is 0 Å². The molecule has 2 aliphatic rings. The fourth-order valence-corrected chi connectivity index (χ4v) is 8.27. The SMILES string of the molecule is Cc1cc(C)n2ncc(C(=O)Nc3ccc(-c4cn(C5CCN(C(=O)c6cccc(C(=O)N7CCN(c8cccc9cnccc89)CC7C)c6)CC5)nn4)cc3)c2n1. The van der Waals surface area contributed by atoms with Gasteiger partial charge in [-0.25, -0.2) is 14.2 Å². The van der Waals surface area contributed by atoms with Crippen molar-refractivity contribution in [2.45, 2.75) is 45.7 Å². The van der Waals surface area contributed by atoms with E-state index >= 15 is 0 Å². The molecular formula is C44H43N11O3. The number of hydrogen-bond acceptors (Lipinski definition) is 9. The highest BCUT2D eigenvalue weighted by Crippen LogP contribution is 2.30. The van der Waals surface area contributed by atoms with Crippen LogP contribution in [0.25, 0.3) is 27.7 Å². The number of benzene rings is 3. The molecule has 3 aromatic carbocycles. The Hall–Kier alpha value is -6.96. The van der Waals surface area contributed by atoms with Gasteiger partial charge in [-0.15, -0.1) is 5.10 Å². The van der Waals surface area contributed by atoms with Crippen LogP contribution >= 0.6 is 0 Å². The number of piperazine rings is 1. The van der Waals surface area contributed by atoms with Crippen molar-refractivity contribution in [3.05, 3.63) is 132 Å². The number of carbonyl (C=O) groups excluding carboxylic acids is 3. The lowest BCUT2D eigenvalue weighted by molar-refractivity contribution is 0.0674. The summed E-state index contributed by atoms with van der Waals surface area (Å²) in [5.74, 6) is -0.422. The van der Waals surface area contributed by atoms with E-state index in [-0.39, 0.29) is 29.8 Å². The monoisotopic (exact) mass is 773 g/mol. The Kier molecular flexibility index (Phi) is 9.60. The minimum Gasteiger partial charge on any atom is -0.367 e. The van der Waals surface area contributed by atoms with Crippen LogP contribution < -0.4 is 10.2 Å². The topological polar surface area (TPSA) is 147 Å². The number of anilines is 2. The van der Waals surface area contributed by atoms with Gasteiger partial charge in [0.15, 0.2) is 5.65 Å². The van der Waals surface area contributed by atoms with E-state index in [1.54, 1.807) is 28.8 Å². The van der Waals surface area contributed by atoms with Crippen molar-refractivity contribution in [2.24, 2.45) is 0 Å². The van der Waals surface area contributed by atoms with E-state index < -0.39 is 0 Å². The van der Waals surface area contributed by atoms with Crippen LogP contribution in [0.3, 0.4) is 0 Å². The number of hydrogen-bond donors (Lipinski definition) is 1. The van der Waals surface area contributed by atoms with Crippen molar-refractivity contribution in [3.63, 3.8) is 0 Å². The van der Waals surface area contributed by atoms with Gasteiger partial charge in [0, 0.05) is 101 Å². The van der Waals surface area contributed by atoms with Gasteiger partial charge in [0.1, 0.15) is 11.3 Å². The highest BCUT2D eigenvalue weighted by Gasteiger charge is 2.30. The number of aromatic nitrogens is 7. The fraction of sp³-hybridized carbons (Fsp3) is 0.273. The van der Waals surface area contributed by atoms with Gasteiger partial charge in [0.2, 0.25) is 0 Å². The number of aryl methyl sites for hydroxylation is 2. The van der Waals surface area contributed by atoms with Gasteiger partial charge in [0.25, 0.3) is 17.7 Å². The summed E-state index contributed by atoms with van der Waals surface area (Å²) in [5.41, 5.74) is 7.07. The Morgan fingerprint density at radius 3 is 2.40 bits per heavy atom. The normalized spacial score (nSPS) is 16.3. The van der Waals surface area contributed by atoms with Gasteiger partial charge in [-0.2, -0.15) is 5.10 Å². The van der Waals surface area contributed by atoms with E-state index in [2.05, 4.69) is 60.7 Å². The van der Waals surface area contributed by atoms with Crippen molar-refractivity contribution in [2.75, 3.05) is 42.9 Å². The van der Waals surface area contributed by atoms with Gasteiger partial charge < -0.3 is 20.0 Å². The zero-order chi connectivity index (χ0) is 39.9. The predicted molar refractivity (Wildman–Crippen MR) is 221 cm³/mol. The third-order valence-electron chi connectivity index (χ3n) is 11.3. The summed E-state index contributed by atoms with van der Waals surface area (Å²) in [7, 11) is 0. The lowest BCUT2D eigenvalue weighted by Gasteiger charge is -2.41. The molecule has 2 fully saturated rings. The van der Waals surface area contributed by atoms with Crippen molar-refractivity contribution < 1.29 is 14.4 Å². The molecule has 58 heavy (non-hydrogen) atoms. The largest absolute Gasteiger partial charge is 0.367 e. The number of carbonyl (C=O) groups is 3. The number of nitrogens with zero attached hydrogens (tertiary/aromatic N) is 10. The van der Waals surface area contributed by atoms with E-state index in [4.69, 9.17) is 0 Å². The number of likely N-dealkylation sites (tertiary alicyclic amines) is 1. The summed E-state index contributed by atoms with van der Waals surface area (Å²) in [6, 6.07) is 24.9. The average molecular weight is 774 g/mol. The number of nitrogens with one attached hydrogen (secondary N) is 1. The maximum Gasteiger partial charge on any atom is 0.261 e.